The summed E-state index contributed by atoms with van der Waals surface area (Å²) in [7, 11) is 0. The second kappa shape index (κ2) is 8.42. The van der Waals surface area contributed by atoms with E-state index < -0.39 is 5.97 Å². The number of aromatic carboxylic acids is 1. The van der Waals surface area contributed by atoms with Crippen LogP contribution in [-0.4, -0.2) is 20.0 Å². The summed E-state index contributed by atoms with van der Waals surface area (Å²) in [4.78, 5) is 13.4. The number of aromatic nitrogens is 2. The molecular weight excluding hydrogens is 450 g/mol. The smallest absolute Gasteiger partial charge is 0.335 e. The molecule has 2 aromatic carbocycles. The van der Waals surface area contributed by atoms with Gasteiger partial charge in [0.25, 0.3) is 0 Å². The zero-order chi connectivity index (χ0) is 21.4. The number of carbonyl (C=O) groups is 1. The van der Waals surface area contributed by atoms with Gasteiger partial charge in [-0.05, 0) is 90.3 Å². The largest absolute Gasteiger partial charge is 0.478 e. The molecule has 2 heterocycles. The first kappa shape index (κ1) is 20.2. The van der Waals surface area contributed by atoms with Crippen LogP contribution in [0.15, 0.2) is 72.0 Å². The minimum atomic E-state index is -0.920. The highest BCUT2D eigenvalue weighted by molar-refractivity contribution is 8.00. The average molecular weight is 468 g/mol. The predicted octanol–water partition coefficient (Wildman–Crippen LogP) is 6.95. The molecule has 0 aliphatic heterocycles. The summed E-state index contributed by atoms with van der Waals surface area (Å²) in [6.45, 7) is 0. The number of carboxylic acids is 1. The van der Waals surface area contributed by atoms with E-state index in [2.05, 4.69) is 9.10 Å². The van der Waals surface area contributed by atoms with Crippen molar-refractivity contribution in [3.8, 4) is 16.1 Å². The zero-order valence-corrected chi connectivity index (χ0v) is 18.7. The van der Waals surface area contributed by atoms with Crippen LogP contribution in [0.25, 0.3) is 16.1 Å². The van der Waals surface area contributed by atoms with Crippen molar-refractivity contribution in [2.75, 3.05) is 4.72 Å². The number of benzene rings is 2. The van der Waals surface area contributed by atoms with Crippen LogP contribution in [0.4, 0.5) is 5.69 Å². The number of anilines is 1. The lowest BCUT2D eigenvalue weighted by atomic mass is 10.1. The third kappa shape index (κ3) is 4.21. The summed E-state index contributed by atoms with van der Waals surface area (Å²) in [6, 6.07) is 15.2. The Hall–Kier alpha value is -2.74. The van der Waals surface area contributed by atoms with Gasteiger partial charge in [-0.1, -0.05) is 17.7 Å². The van der Waals surface area contributed by atoms with Crippen molar-refractivity contribution in [1.82, 2.24) is 8.94 Å². The normalized spacial score (nSPS) is 13.3. The third-order valence-electron chi connectivity index (χ3n) is 5.22. The van der Waals surface area contributed by atoms with E-state index >= 15 is 0 Å². The van der Waals surface area contributed by atoms with E-state index in [1.54, 1.807) is 18.3 Å². The molecule has 5 rings (SSSR count). The lowest BCUT2D eigenvalue weighted by Gasteiger charge is -2.17. The number of hydrogen-bond donors (Lipinski definition) is 2. The second-order valence-electron chi connectivity index (χ2n) is 7.35. The standard InChI is InChI=1S/C23H18ClN3O2S2/c24-18-13-20(27-9-1-2-10-27)19(12-17(18)21-7-8-25-30-21)26-31-22-11-15(23(28)29)5-6-16(22)14-3-4-14/h1-2,5-14,26H,3-4H2,(H,28,29). The number of nitrogens with zero attached hydrogens (tertiary/aromatic N) is 2. The van der Waals surface area contributed by atoms with Gasteiger partial charge < -0.3 is 14.4 Å². The zero-order valence-electron chi connectivity index (χ0n) is 16.3. The Labute approximate surface area is 193 Å². The van der Waals surface area contributed by atoms with Crippen LogP contribution < -0.4 is 4.72 Å². The van der Waals surface area contributed by atoms with Crippen molar-refractivity contribution in [1.29, 1.82) is 0 Å². The molecule has 1 fully saturated rings. The van der Waals surface area contributed by atoms with E-state index in [1.807, 2.05) is 53.4 Å². The van der Waals surface area contributed by atoms with Gasteiger partial charge in [0.2, 0.25) is 0 Å². The number of nitrogens with one attached hydrogen (secondary N) is 1. The highest BCUT2D eigenvalue weighted by Crippen LogP contribution is 2.45. The monoisotopic (exact) mass is 467 g/mol. The summed E-state index contributed by atoms with van der Waals surface area (Å²) in [5, 5.41) is 10.1. The molecule has 0 saturated heterocycles. The first-order valence-corrected chi connectivity index (χ1v) is 11.7. The molecule has 1 saturated carbocycles. The van der Waals surface area contributed by atoms with Gasteiger partial charge in [-0.3, -0.25) is 0 Å². The number of rotatable bonds is 7. The molecule has 0 atom stereocenters. The summed E-state index contributed by atoms with van der Waals surface area (Å²) in [6.07, 6.45) is 7.98. The summed E-state index contributed by atoms with van der Waals surface area (Å²) in [5.41, 5.74) is 4.20. The van der Waals surface area contributed by atoms with Gasteiger partial charge in [0.15, 0.2) is 0 Å². The van der Waals surface area contributed by atoms with E-state index in [1.165, 1.54) is 29.0 Å². The Morgan fingerprint density at radius 3 is 2.68 bits per heavy atom. The van der Waals surface area contributed by atoms with Gasteiger partial charge in [0.1, 0.15) is 0 Å². The van der Waals surface area contributed by atoms with Crippen LogP contribution in [0, 0.1) is 0 Å². The van der Waals surface area contributed by atoms with Crippen molar-refractivity contribution in [3.63, 3.8) is 0 Å². The highest BCUT2D eigenvalue weighted by Gasteiger charge is 2.27. The molecule has 2 aromatic heterocycles. The maximum atomic E-state index is 11.5. The topological polar surface area (TPSA) is 67.2 Å². The minimum absolute atomic E-state index is 0.292. The molecule has 1 aliphatic rings. The molecule has 0 bridgehead atoms. The van der Waals surface area contributed by atoms with Crippen LogP contribution in [0.3, 0.4) is 0 Å². The molecule has 0 spiro atoms. The molecule has 8 heteroatoms. The lowest BCUT2D eigenvalue weighted by molar-refractivity contribution is 0.0696. The SMILES string of the molecule is O=C(O)c1ccc(C2CC2)c(SNc2cc(-c3ccns3)c(Cl)cc2-n2cccc2)c1. The fourth-order valence-corrected chi connectivity index (χ4v) is 5.36. The lowest BCUT2D eigenvalue weighted by Crippen LogP contribution is -2.01. The van der Waals surface area contributed by atoms with E-state index in [0.29, 0.717) is 16.5 Å². The van der Waals surface area contributed by atoms with Gasteiger partial charge >= 0.3 is 5.97 Å². The maximum Gasteiger partial charge on any atom is 0.335 e. The quantitative estimate of drug-likeness (QED) is 0.288. The molecule has 0 amide bonds. The Balaban J connectivity index is 1.53. The Morgan fingerprint density at radius 2 is 2.00 bits per heavy atom. The Bertz CT molecular complexity index is 1240. The molecule has 0 radical (unpaired) electrons. The molecule has 2 N–H and O–H groups in total. The van der Waals surface area contributed by atoms with Gasteiger partial charge in [0, 0.05) is 29.0 Å². The molecule has 0 unspecified atom stereocenters. The van der Waals surface area contributed by atoms with Crippen LogP contribution in [0.5, 0.6) is 0 Å². The van der Waals surface area contributed by atoms with Crippen molar-refractivity contribution < 1.29 is 9.90 Å². The van der Waals surface area contributed by atoms with Gasteiger partial charge in [-0.2, -0.15) is 0 Å². The van der Waals surface area contributed by atoms with Crippen LogP contribution >= 0.6 is 35.1 Å². The summed E-state index contributed by atoms with van der Waals surface area (Å²) in [5.74, 6) is -0.412. The molecule has 4 aromatic rings. The van der Waals surface area contributed by atoms with Crippen LogP contribution in [0.2, 0.25) is 5.02 Å². The molecule has 1 aliphatic carbocycles. The average Bonchev–Trinajstić information content (AvgIpc) is 3.23. The number of carboxylic acid groups (broad SMARTS) is 1. The van der Waals surface area contributed by atoms with Crippen molar-refractivity contribution in [3.05, 3.63) is 83.3 Å². The van der Waals surface area contributed by atoms with E-state index in [9.17, 15) is 9.90 Å². The first-order valence-electron chi connectivity index (χ1n) is 9.78. The van der Waals surface area contributed by atoms with Crippen molar-refractivity contribution >= 4 is 46.7 Å². The minimum Gasteiger partial charge on any atom is -0.478 e. The molecule has 156 valence electrons. The Morgan fingerprint density at radius 1 is 1.19 bits per heavy atom. The fourth-order valence-electron chi connectivity index (χ4n) is 3.49. The number of halogens is 1. The van der Waals surface area contributed by atoms with Gasteiger partial charge in [-0.25, -0.2) is 9.17 Å². The number of hydrogen-bond acceptors (Lipinski definition) is 5. The van der Waals surface area contributed by atoms with Gasteiger partial charge in [0.05, 0.1) is 26.8 Å². The van der Waals surface area contributed by atoms with E-state index in [4.69, 9.17) is 11.6 Å². The fraction of sp³-hybridized carbons (Fsp3) is 0.130. The predicted molar refractivity (Wildman–Crippen MR) is 127 cm³/mol. The van der Waals surface area contributed by atoms with Gasteiger partial charge in [-0.15, -0.1) is 0 Å². The Kier molecular flexibility index (Phi) is 5.48. The maximum absolute atomic E-state index is 11.5. The molecular formula is C23H18ClN3O2S2. The molecule has 31 heavy (non-hydrogen) atoms. The van der Waals surface area contributed by atoms with Crippen LogP contribution in [-0.2, 0) is 0 Å². The van der Waals surface area contributed by atoms with E-state index in [0.717, 1.165) is 39.6 Å². The summed E-state index contributed by atoms with van der Waals surface area (Å²) < 4.78 is 9.66. The molecule has 5 nitrogen and oxygen atoms in total. The summed E-state index contributed by atoms with van der Waals surface area (Å²) >= 11 is 9.46. The second-order valence-corrected chi connectivity index (χ2v) is 9.44. The van der Waals surface area contributed by atoms with Crippen molar-refractivity contribution in [2.24, 2.45) is 0 Å². The van der Waals surface area contributed by atoms with Crippen LogP contribution in [0.1, 0.15) is 34.7 Å². The first-order chi connectivity index (χ1) is 15.1. The highest BCUT2D eigenvalue weighted by atomic mass is 35.5. The van der Waals surface area contributed by atoms with E-state index in [-0.39, 0.29) is 0 Å². The third-order valence-corrected chi connectivity index (χ3v) is 7.21. The van der Waals surface area contributed by atoms with Crippen molar-refractivity contribution in [2.45, 2.75) is 23.7 Å².